The summed E-state index contributed by atoms with van der Waals surface area (Å²) in [6.07, 6.45) is 4.59. The molecule has 1 radical (unpaired) electrons. The minimum atomic E-state index is -0.178. The Labute approximate surface area is 40.7 Å². The number of amidine groups is 1. The van der Waals surface area contributed by atoms with Crippen molar-refractivity contribution >= 4 is 12.2 Å². The van der Waals surface area contributed by atoms with Crippen LogP contribution in [0, 0.1) is 0 Å². The first-order valence-electron chi connectivity index (χ1n) is 1.85. The van der Waals surface area contributed by atoms with Crippen LogP contribution >= 0.6 is 0 Å². The van der Waals surface area contributed by atoms with Crippen LogP contribution in [0.25, 0.3) is 0 Å². The largest absolute Gasteiger partial charge is 0.538 e. The molecule has 0 aromatic rings. The molecule has 0 aromatic heterocycles. The highest BCUT2D eigenvalue weighted by Crippen LogP contribution is 1.75. The van der Waals surface area contributed by atoms with Gasteiger partial charge in [-0.05, 0) is 9.98 Å². The summed E-state index contributed by atoms with van der Waals surface area (Å²) in [5.74, 6) is 0. The Morgan fingerprint density at radius 3 is 2.86 bits per heavy atom. The second-order valence-corrected chi connectivity index (χ2v) is 1.05. The molecule has 1 rings (SSSR count). The van der Waals surface area contributed by atoms with Crippen molar-refractivity contribution in [3.05, 3.63) is 12.3 Å². The molecule has 7 heavy (non-hydrogen) atoms. The molecule has 1 aliphatic heterocycles. The van der Waals surface area contributed by atoms with Crippen LogP contribution in [0.4, 0.5) is 0 Å². The summed E-state index contributed by atoms with van der Waals surface area (Å²) in [7, 11) is 0. The molecule has 1 heterocycles. The molecule has 3 nitrogen and oxygen atoms in total. The van der Waals surface area contributed by atoms with E-state index in [0.717, 1.165) is 0 Å². The molecular formula is C4H4N2O+. The van der Waals surface area contributed by atoms with E-state index in [9.17, 15) is 0 Å². The lowest BCUT2D eigenvalue weighted by atomic mass is 10.6. The zero-order valence-electron chi connectivity index (χ0n) is 3.57. The molecule has 0 amide bonds. The van der Waals surface area contributed by atoms with Crippen LogP contribution in [0.5, 0.6) is 0 Å². The van der Waals surface area contributed by atoms with Gasteiger partial charge in [0.15, 0.2) is 0 Å². The highest BCUT2D eigenvalue weighted by molar-refractivity contribution is 5.86. The number of aliphatic hydroxyl groups is 1. The average Bonchev–Trinajstić information content (AvgIpc) is 1.69. The van der Waals surface area contributed by atoms with Gasteiger partial charge in [0.25, 0.3) is 0 Å². The van der Waals surface area contributed by atoms with E-state index in [0.29, 0.717) is 0 Å². The van der Waals surface area contributed by atoms with E-state index >= 15 is 0 Å². The van der Waals surface area contributed by atoms with E-state index in [1.807, 2.05) is 0 Å². The summed E-state index contributed by atoms with van der Waals surface area (Å²) in [6, 6.07) is -0.178. The summed E-state index contributed by atoms with van der Waals surface area (Å²) >= 11 is 0. The van der Waals surface area contributed by atoms with E-state index in [1.165, 1.54) is 12.4 Å². The molecule has 0 saturated heterocycles. The molecule has 0 atom stereocenters. The fraction of sp³-hybridized carbons (Fsp3) is 0. The van der Waals surface area contributed by atoms with Crippen LogP contribution in [-0.2, 0) is 0 Å². The summed E-state index contributed by atoms with van der Waals surface area (Å²) < 4.78 is 0. The fourth-order valence-corrected chi connectivity index (χ4v) is 0.291. The van der Waals surface area contributed by atoms with Crippen molar-refractivity contribution in [2.45, 2.75) is 0 Å². The summed E-state index contributed by atoms with van der Waals surface area (Å²) in [5.41, 5.74) is 0. The van der Waals surface area contributed by atoms with Crippen LogP contribution in [0.3, 0.4) is 0 Å². The van der Waals surface area contributed by atoms with Gasteiger partial charge in [0.2, 0.25) is 0 Å². The fourth-order valence-electron chi connectivity index (χ4n) is 0.291. The number of hydrogen-bond donors (Lipinski definition) is 1. The molecular weight excluding hydrogens is 92.1 g/mol. The number of rotatable bonds is 0. The average molecular weight is 96.1 g/mol. The highest BCUT2D eigenvalue weighted by atomic mass is 16.3. The quantitative estimate of drug-likeness (QED) is 0.447. The maximum absolute atomic E-state index is 8.41. The predicted octanol–water partition coefficient (Wildman–Crippen LogP) is -0.166. The Kier molecular flexibility index (Phi) is 0.898. The van der Waals surface area contributed by atoms with Crippen molar-refractivity contribution in [2.24, 2.45) is 4.99 Å². The first-order chi connectivity index (χ1) is 3.39. The molecule has 0 fully saturated rings. The Morgan fingerprint density at radius 1 is 1.71 bits per heavy atom. The Bertz CT molecular complexity index is 146. The van der Waals surface area contributed by atoms with Gasteiger partial charge in [-0.25, -0.2) is 0 Å². The minimum absolute atomic E-state index is 0.178. The van der Waals surface area contributed by atoms with Gasteiger partial charge in [-0.2, -0.15) is 0 Å². The molecule has 0 bridgehead atoms. The van der Waals surface area contributed by atoms with Gasteiger partial charge in [0.05, 0.1) is 0 Å². The van der Waals surface area contributed by atoms with Crippen molar-refractivity contribution in [1.29, 1.82) is 0 Å². The van der Waals surface area contributed by atoms with E-state index in [4.69, 9.17) is 5.11 Å². The summed E-state index contributed by atoms with van der Waals surface area (Å²) in [4.78, 5) is 6.85. The second kappa shape index (κ2) is 1.55. The zero-order chi connectivity index (χ0) is 5.11. The molecule has 0 aromatic carbocycles. The van der Waals surface area contributed by atoms with Gasteiger partial charge in [-0.15, -0.1) is 0 Å². The van der Waals surface area contributed by atoms with Crippen LogP contribution in [0.15, 0.2) is 17.3 Å². The molecule has 0 saturated carbocycles. The first-order valence-corrected chi connectivity index (χ1v) is 1.85. The third-order valence-corrected chi connectivity index (χ3v) is 0.552. The molecule has 1 N–H and O–H groups in total. The van der Waals surface area contributed by atoms with E-state index in [2.05, 4.69) is 9.98 Å². The van der Waals surface area contributed by atoms with Gasteiger partial charge >= 0.3 is 6.02 Å². The molecule has 35 valence electrons. The van der Waals surface area contributed by atoms with Crippen molar-refractivity contribution in [1.82, 2.24) is 4.99 Å². The maximum atomic E-state index is 8.41. The summed E-state index contributed by atoms with van der Waals surface area (Å²) in [5, 5.41) is 8.41. The second-order valence-electron chi connectivity index (χ2n) is 1.05. The van der Waals surface area contributed by atoms with Gasteiger partial charge in [-0.1, -0.05) is 0 Å². The highest BCUT2D eigenvalue weighted by Gasteiger charge is 2.01. The summed E-state index contributed by atoms with van der Waals surface area (Å²) in [6.45, 7) is 0. The van der Waals surface area contributed by atoms with Crippen LogP contribution < -0.4 is 4.99 Å². The standard InChI is InChI=1S/C4H4N2O/c7-4-5-2-1-3-6-4/h1-3H,(H,5,7)/q+1. The molecule has 3 heteroatoms. The van der Waals surface area contributed by atoms with Gasteiger partial charge in [0.1, 0.15) is 12.4 Å². The SMILES string of the molecule is OC1=NC=CC=[N+]1. The monoisotopic (exact) mass is 96.0 g/mol. The Balaban J connectivity index is 2.82. The predicted molar refractivity (Wildman–Crippen MR) is 27.4 cm³/mol. The maximum Gasteiger partial charge on any atom is 0.538 e. The van der Waals surface area contributed by atoms with Gasteiger partial charge < -0.3 is 5.11 Å². The Morgan fingerprint density at radius 2 is 2.57 bits per heavy atom. The zero-order valence-corrected chi connectivity index (χ0v) is 3.57. The Hall–Kier alpha value is -1.12. The van der Waals surface area contributed by atoms with Crippen molar-refractivity contribution in [3.63, 3.8) is 0 Å². The van der Waals surface area contributed by atoms with Gasteiger partial charge in [0, 0.05) is 6.08 Å². The lowest BCUT2D eigenvalue weighted by Crippen LogP contribution is -2.05. The number of aliphatic hydroxyl groups excluding tert-OH is 1. The number of hydrogen-bond acceptors (Lipinski definition) is 2. The van der Waals surface area contributed by atoms with E-state index in [1.54, 1.807) is 6.08 Å². The van der Waals surface area contributed by atoms with Crippen LogP contribution in [-0.4, -0.2) is 17.3 Å². The molecule has 0 aliphatic carbocycles. The van der Waals surface area contributed by atoms with Crippen LogP contribution in [0.1, 0.15) is 0 Å². The number of aliphatic imine (C=N–C) groups is 2. The third kappa shape index (κ3) is 0.855. The first kappa shape index (κ1) is 4.05. The molecule has 0 spiro atoms. The van der Waals surface area contributed by atoms with Crippen molar-refractivity contribution in [3.8, 4) is 0 Å². The topological polar surface area (TPSA) is 46.7 Å². The molecule has 1 aliphatic rings. The lowest BCUT2D eigenvalue weighted by Gasteiger charge is -1.71. The van der Waals surface area contributed by atoms with Crippen molar-refractivity contribution < 1.29 is 5.11 Å². The van der Waals surface area contributed by atoms with Crippen molar-refractivity contribution in [2.75, 3.05) is 0 Å². The van der Waals surface area contributed by atoms with Crippen LogP contribution in [0.2, 0.25) is 0 Å². The van der Waals surface area contributed by atoms with Gasteiger partial charge in [-0.3, -0.25) is 0 Å². The lowest BCUT2D eigenvalue weighted by molar-refractivity contribution is 0.535. The molecule has 0 unspecified atom stereocenters. The van der Waals surface area contributed by atoms with E-state index < -0.39 is 0 Å². The van der Waals surface area contributed by atoms with E-state index in [-0.39, 0.29) is 6.02 Å². The smallest absolute Gasteiger partial charge is 0.441 e. The minimum Gasteiger partial charge on any atom is -0.441 e. The third-order valence-electron chi connectivity index (χ3n) is 0.552. The number of allylic oxidation sites excluding steroid dienone is 1. The normalized spacial score (nSPS) is 16.9. The number of nitrogens with zero attached hydrogens (tertiary/aromatic N) is 2.